The van der Waals surface area contributed by atoms with Crippen molar-refractivity contribution in [2.75, 3.05) is 46.1 Å². The van der Waals surface area contributed by atoms with E-state index in [0.717, 1.165) is 52.0 Å². The van der Waals surface area contributed by atoms with Gasteiger partial charge in [-0.3, -0.25) is 0 Å². The van der Waals surface area contributed by atoms with Crippen molar-refractivity contribution in [3.63, 3.8) is 0 Å². The van der Waals surface area contributed by atoms with Gasteiger partial charge in [0, 0.05) is 0 Å². The summed E-state index contributed by atoms with van der Waals surface area (Å²) >= 11 is 1.70. The van der Waals surface area contributed by atoms with Crippen LogP contribution in [-0.4, -0.2) is 67.8 Å². The van der Waals surface area contributed by atoms with E-state index in [-0.39, 0.29) is 0 Å². The molecule has 0 aliphatic carbocycles. The van der Waals surface area contributed by atoms with Crippen LogP contribution in [0.25, 0.3) is 0 Å². The number of piperazine rings is 1. The number of amides is 1. The minimum absolute atomic E-state index is 0.317. The molecule has 0 unspecified atom stereocenters. The van der Waals surface area contributed by atoms with Crippen LogP contribution in [0.5, 0.6) is 0 Å². The fraction of sp³-hybridized carbons (Fsp3) is 0.923. The normalized spacial score (nSPS) is 17.5. The van der Waals surface area contributed by atoms with E-state index in [1.54, 1.807) is 18.8 Å². The number of rotatable bonds is 8. The maximum atomic E-state index is 12.2. The zero-order valence-corrected chi connectivity index (χ0v) is 17.1. The third-order valence-corrected chi connectivity index (χ3v) is 7.99. The summed E-state index contributed by atoms with van der Waals surface area (Å²) in [5.74, 6) is 0.317. The van der Waals surface area contributed by atoms with Crippen molar-refractivity contribution < 1.29 is 23.6 Å². The number of nitrogens with zero attached hydrogens (tertiary/aromatic N) is 2. The fourth-order valence-electron chi connectivity index (χ4n) is 2.43. The molecule has 1 fully saturated rings. The van der Waals surface area contributed by atoms with Crippen LogP contribution in [-0.2, 0) is 23.6 Å². The quantitative estimate of drug-likeness (QED) is 0.258. The van der Waals surface area contributed by atoms with E-state index < -0.39 is 11.3 Å². The summed E-state index contributed by atoms with van der Waals surface area (Å²) < 4.78 is 2.59. The number of unbranched alkanes of at least 4 members (excludes halogenated alkanes) is 2. The molecule has 124 valence electrons. The van der Waals surface area contributed by atoms with Crippen molar-refractivity contribution in [2.45, 2.75) is 32.0 Å². The van der Waals surface area contributed by atoms with Gasteiger partial charge >= 0.3 is 121 Å². The van der Waals surface area contributed by atoms with Gasteiger partial charge in [0.2, 0.25) is 0 Å². The maximum absolute atomic E-state index is 12.2. The number of hydrogen-bond donors (Lipinski definition) is 3. The van der Waals surface area contributed by atoms with E-state index in [0.29, 0.717) is 12.3 Å². The van der Waals surface area contributed by atoms with Gasteiger partial charge in [0.1, 0.15) is 6.29 Å². The summed E-state index contributed by atoms with van der Waals surface area (Å²) in [6.07, 6.45) is 3.25. The summed E-state index contributed by atoms with van der Waals surface area (Å²) in [7, 11) is 0. The third-order valence-electron chi connectivity index (χ3n) is 3.74. The van der Waals surface area contributed by atoms with Gasteiger partial charge in [-0.15, -0.1) is 0 Å². The fourth-order valence-corrected chi connectivity index (χ4v) is 5.33. The Morgan fingerprint density at radius 2 is 1.81 bits per heavy atom. The second kappa shape index (κ2) is 9.54. The first kappa shape index (κ1) is 19.5. The molecule has 8 heteroatoms. The summed E-state index contributed by atoms with van der Waals surface area (Å²) in [6, 6.07) is 0. The number of carbonyl (C=O) groups excluding carboxylic acids is 1. The Morgan fingerprint density at radius 1 is 1.19 bits per heavy atom. The summed E-state index contributed by atoms with van der Waals surface area (Å²) in [5, 5.41) is 2.14. The van der Waals surface area contributed by atoms with Crippen molar-refractivity contribution in [1.82, 2.24) is 14.9 Å². The van der Waals surface area contributed by atoms with Crippen LogP contribution < -0.4 is 16.8 Å². The molecule has 1 heterocycles. The first-order valence-electron chi connectivity index (χ1n) is 7.63. The Kier molecular flexibility index (Phi) is 8.85. The standard InChI is InChI=1S/C13H30N5OP.W/c1-20(2)18-10-8-17(9-11-18)12(19)6-4-3-5-7-16-13(14)15;/h13,16H,3-11,14-15H2,1-2H3;. The van der Waals surface area contributed by atoms with Crippen molar-refractivity contribution in [1.29, 1.82) is 0 Å². The molecule has 0 aromatic heterocycles. The van der Waals surface area contributed by atoms with Gasteiger partial charge < -0.3 is 11.5 Å². The van der Waals surface area contributed by atoms with Crippen LogP contribution in [0.1, 0.15) is 25.7 Å². The Morgan fingerprint density at radius 3 is 2.33 bits per heavy atom. The van der Waals surface area contributed by atoms with E-state index in [4.69, 9.17) is 11.5 Å². The Hall–Kier alpha value is 0.428. The first-order chi connectivity index (χ1) is 9.80. The number of nitrogens with one attached hydrogen (secondary N) is 1. The molecule has 0 saturated carbocycles. The average Bonchev–Trinajstić information content (AvgIpc) is 2.41. The number of hydrogen-bond acceptors (Lipinski definition) is 5. The molecule has 5 N–H and O–H groups in total. The molecule has 0 aromatic carbocycles. The Bertz CT molecular complexity index is 366. The zero-order valence-electron chi connectivity index (χ0n) is 13.3. The van der Waals surface area contributed by atoms with Crippen LogP contribution in [0.3, 0.4) is 0 Å². The van der Waals surface area contributed by atoms with Crippen molar-refractivity contribution in [3.8, 4) is 0 Å². The van der Waals surface area contributed by atoms with E-state index >= 15 is 0 Å². The van der Waals surface area contributed by atoms with Crippen LogP contribution in [0.15, 0.2) is 0 Å². The molecule has 0 atom stereocenters. The van der Waals surface area contributed by atoms with E-state index in [1.165, 1.54) is 0 Å². The molecular formula is C13H30N5OPW. The predicted octanol–water partition coefficient (Wildman–Crippen LogP) is 0.136. The van der Waals surface area contributed by atoms with Gasteiger partial charge in [0.15, 0.2) is 0 Å². The summed E-state index contributed by atoms with van der Waals surface area (Å²) in [4.78, 5) is 14.2. The molecule has 1 amide bonds. The Labute approximate surface area is 139 Å². The van der Waals surface area contributed by atoms with Crippen LogP contribution >= 0.6 is 5.05 Å². The van der Waals surface area contributed by atoms with Gasteiger partial charge in [-0.05, 0) is 0 Å². The first-order valence-corrected chi connectivity index (χ1v) is 14.1. The van der Waals surface area contributed by atoms with E-state index in [9.17, 15) is 4.79 Å². The van der Waals surface area contributed by atoms with Crippen LogP contribution in [0.4, 0.5) is 0 Å². The van der Waals surface area contributed by atoms with Crippen molar-refractivity contribution in [2.24, 2.45) is 11.5 Å². The molecule has 1 saturated heterocycles. The monoisotopic (exact) mass is 487 g/mol. The van der Waals surface area contributed by atoms with Crippen LogP contribution in [0.2, 0.25) is 0 Å². The van der Waals surface area contributed by atoms with Crippen molar-refractivity contribution >= 4 is 11.0 Å². The summed E-state index contributed by atoms with van der Waals surface area (Å²) in [6.45, 7) is 9.48. The summed E-state index contributed by atoms with van der Waals surface area (Å²) in [5.41, 5.74) is 10.8. The van der Waals surface area contributed by atoms with Gasteiger partial charge in [-0.2, -0.15) is 0 Å². The van der Waals surface area contributed by atoms with Crippen molar-refractivity contribution in [3.05, 3.63) is 0 Å². The molecule has 1 aliphatic rings. The Balaban J connectivity index is 2.13. The molecule has 21 heavy (non-hydrogen) atoms. The molecule has 1 rings (SSSR count). The molecule has 0 aromatic rings. The van der Waals surface area contributed by atoms with Gasteiger partial charge in [0.25, 0.3) is 0 Å². The molecule has 6 nitrogen and oxygen atoms in total. The molecular weight excluding hydrogens is 457 g/mol. The van der Waals surface area contributed by atoms with Gasteiger partial charge in [-0.1, -0.05) is 0 Å². The zero-order chi connectivity index (χ0) is 15.9. The second-order valence-electron chi connectivity index (χ2n) is 5.92. The minimum atomic E-state index is -0.839. The molecule has 0 bridgehead atoms. The number of nitrogens with two attached hydrogens (primary N) is 2. The molecule has 0 spiro atoms. The topological polar surface area (TPSA) is 87.6 Å². The van der Waals surface area contributed by atoms with E-state index in [2.05, 4.69) is 23.3 Å². The third kappa shape index (κ3) is 8.01. The SMILES string of the molecule is C[P](C)(=[W])N1CCN(C(=O)CCCCCNC(N)N)CC1. The van der Waals surface area contributed by atoms with Crippen LogP contribution in [0, 0.1) is 0 Å². The van der Waals surface area contributed by atoms with Gasteiger partial charge in [-0.25, -0.2) is 0 Å². The molecule has 0 radical (unpaired) electrons. The average molecular weight is 487 g/mol. The number of carbonyl (C=O) groups is 1. The van der Waals surface area contributed by atoms with Gasteiger partial charge in [0.05, 0.1) is 0 Å². The predicted molar refractivity (Wildman–Crippen MR) is 85.6 cm³/mol. The molecule has 1 aliphatic heterocycles. The van der Waals surface area contributed by atoms with E-state index in [1.807, 2.05) is 4.90 Å². The second-order valence-corrected chi connectivity index (χ2v) is 18.7.